The molecule has 1 fully saturated rings. The van der Waals surface area contributed by atoms with Crippen molar-refractivity contribution in [1.29, 1.82) is 0 Å². The summed E-state index contributed by atoms with van der Waals surface area (Å²) in [4.78, 5) is 16.4. The Morgan fingerprint density at radius 3 is 2.55 bits per heavy atom. The summed E-state index contributed by atoms with van der Waals surface area (Å²) in [5.41, 5.74) is -0.243. The van der Waals surface area contributed by atoms with Crippen molar-refractivity contribution < 1.29 is 19.0 Å². The zero-order valence-corrected chi connectivity index (χ0v) is 13.3. The molecule has 0 aliphatic carbocycles. The minimum atomic E-state index is -0.688. The largest absolute Gasteiger partial charge is 0.507 e. The Kier molecular flexibility index (Phi) is 5.37. The van der Waals surface area contributed by atoms with Gasteiger partial charge in [0, 0.05) is 38.8 Å². The van der Waals surface area contributed by atoms with Gasteiger partial charge in [0.1, 0.15) is 17.1 Å². The predicted molar refractivity (Wildman–Crippen MR) is 81.5 cm³/mol. The Balaban J connectivity index is 2.13. The van der Waals surface area contributed by atoms with Gasteiger partial charge in [0.05, 0.1) is 6.61 Å². The number of methoxy groups -OCH3 is 1. The van der Waals surface area contributed by atoms with Crippen molar-refractivity contribution in [2.75, 3.05) is 33.4 Å². The molecule has 6 heteroatoms. The second-order valence-corrected chi connectivity index (χ2v) is 5.77. The molecule has 1 aromatic rings. The first-order valence-electron chi connectivity index (χ1n) is 7.47. The lowest BCUT2D eigenvalue weighted by Gasteiger charge is -2.44. The molecule has 1 N–H and O–H groups in total. The summed E-state index contributed by atoms with van der Waals surface area (Å²) in [6.45, 7) is 6.50. The number of piperazine rings is 1. The van der Waals surface area contributed by atoms with E-state index in [1.54, 1.807) is 12.0 Å². The summed E-state index contributed by atoms with van der Waals surface area (Å²) >= 11 is 0. The number of phenolic OH excluding ortho intramolecular Hbond substituents is 1. The van der Waals surface area contributed by atoms with Crippen molar-refractivity contribution in [1.82, 2.24) is 9.80 Å². The van der Waals surface area contributed by atoms with Crippen molar-refractivity contribution in [3.05, 3.63) is 29.6 Å². The zero-order chi connectivity index (χ0) is 16.3. The molecular weight excluding hydrogens is 287 g/mol. The quantitative estimate of drug-likeness (QED) is 0.920. The number of phenols is 1. The first-order chi connectivity index (χ1) is 10.5. The van der Waals surface area contributed by atoms with E-state index in [-0.39, 0.29) is 23.4 Å². The van der Waals surface area contributed by atoms with Gasteiger partial charge < -0.3 is 14.7 Å². The van der Waals surface area contributed by atoms with Crippen LogP contribution in [0.3, 0.4) is 0 Å². The third kappa shape index (κ3) is 3.39. The van der Waals surface area contributed by atoms with Gasteiger partial charge >= 0.3 is 0 Å². The molecule has 1 heterocycles. The molecule has 1 aromatic carbocycles. The van der Waals surface area contributed by atoms with Gasteiger partial charge in [-0.15, -0.1) is 0 Å². The van der Waals surface area contributed by atoms with E-state index in [1.807, 2.05) is 13.8 Å². The van der Waals surface area contributed by atoms with E-state index >= 15 is 0 Å². The van der Waals surface area contributed by atoms with Crippen molar-refractivity contribution in [2.24, 2.45) is 0 Å². The number of rotatable bonds is 4. The highest BCUT2D eigenvalue weighted by Crippen LogP contribution is 2.24. The molecule has 5 nitrogen and oxygen atoms in total. The number of nitrogens with zero attached hydrogens (tertiary/aromatic N) is 2. The number of hydrogen-bond acceptors (Lipinski definition) is 4. The third-order valence-electron chi connectivity index (χ3n) is 4.15. The van der Waals surface area contributed by atoms with Crippen LogP contribution < -0.4 is 0 Å². The molecule has 1 aliphatic heterocycles. The fraction of sp³-hybridized carbons (Fsp3) is 0.562. The lowest BCUT2D eigenvalue weighted by Crippen LogP contribution is -2.58. The number of ether oxygens (including phenoxy) is 1. The summed E-state index contributed by atoms with van der Waals surface area (Å²) in [5.74, 6) is -1.46. The van der Waals surface area contributed by atoms with E-state index in [0.29, 0.717) is 19.7 Å². The first kappa shape index (κ1) is 16.7. The van der Waals surface area contributed by atoms with Gasteiger partial charge in [-0.2, -0.15) is 0 Å². The summed E-state index contributed by atoms with van der Waals surface area (Å²) in [5, 5.41) is 9.78. The van der Waals surface area contributed by atoms with Crippen molar-refractivity contribution in [3.8, 4) is 5.75 Å². The number of amides is 1. The molecule has 1 saturated heterocycles. The maximum absolute atomic E-state index is 13.9. The average Bonchev–Trinajstić information content (AvgIpc) is 2.46. The normalized spacial score (nSPS) is 22.8. The lowest BCUT2D eigenvalue weighted by atomic mass is 10.1. The van der Waals surface area contributed by atoms with Crippen LogP contribution in [0.25, 0.3) is 0 Å². The molecule has 0 bridgehead atoms. The monoisotopic (exact) mass is 310 g/mol. The lowest BCUT2D eigenvalue weighted by molar-refractivity contribution is 0.0189. The van der Waals surface area contributed by atoms with E-state index in [4.69, 9.17) is 4.74 Å². The van der Waals surface area contributed by atoms with Crippen LogP contribution in [0.15, 0.2) is 18.2 Å². The number of benzene rings is 1. The fourth-order valence-electron chi connectivity index (χ4n) is 3.04. The van der Waals surface area contributed by atoms with E-state index in [1.165, 1.54) is 18.2 Å². The summed E-state index contributed by atoms with van der Waals surface area (Å²) < 4.78 is 19.0. The highest BCUT2D eigenvalue weighted by molar-refractivity contribution is 5.97. The molecule has 1 amide bonds. The van der Waals surface area contributed by atoms with Crippen molar-refractivity contribution >= 4 is 5.91 Å². The van der Waals surface area contributed by atoms with Gasteiger partial charge in [-0.05, 0) is 26.0 Å². The Bertz CT molecular complexity index is 506. The highest BCUT2D eigenvalue weighted by Gasteiger charge is 2.33. The predicted octanol–water partition coefficient (Wildman–Crippen LogP) is 1.71. The molecule has 2 rings (SSSR count). The highest BCUT2D eigenvalue weighted by atomic mass is 19.1. The minimum absolute atomic E-state index is 0.150. The number of carbonyl (C=O) groups is 1. The number of aromatic hydroxyl groups is 1. The van der Waals surface area contributed by atoms with Crippen LogP contribution in [-0.2, 0) is 4.74 Å². The van der Waals surface area contributed by atoms with Crippen LogP contribution in [0.1, 0.15) is 24.2 Å². The van der Waals surface area contributed by atoms with Crippen LogP contribution >= 0.6 is 0 Å². The molecular formula is C16H23FN2O3. The maximum Gasteiger partial charge on any atom is 0.260 e. The van der Waals surface area contributed by atoms with Crippen LogP contribution in [0, 0.1) is 5.82 Å². The molecule has 22 heavy (non-hydrogen) atoms. The van der Waals surface area contributed by atoms with Gasteiger partial charge in [0.15, 0.2) is 0 Å². The zero-order valence-electron chi connectivity index (χ0n) is 13.3. The molecule has 122 valence electrons. The third-order valence-corrected chi connectivity index (χ3v) is 4.15. The van der Waals surface area contributed by atoms with Gasteiger partial charge in [0.25, 0.3) is 5.91 Å². The average molecular weight is 310 g/mol. The maximum atomic E-state index is 13.9. The van der Waals surface area contributed by atoms with Crippen LogP contribution in [-0.4, -0.2) is 66.2 Å². The molecule has 0 radical (unpaired) electrons. The Labute approximate surface area is 130 Å². The van der Waals surface area contributed by atoms with E-state index < -0.39 is 11.7 Å². The topological polar surface area (TPSA) is 53.0 Å². The second-order valence-electron chi connectivity index (χ2n) is 5.77. The minimum Gasteiger partial charge on any atom is -0.507 e. The molecule has 0 unspecified atom stereocenters. The molecule has 2 atom stereocenters. The van der Waals surface area contributed by atoms with Crippen LogP contribution in [0.2, 0.25) is 0 Å². The van der Waals surface area contributed by atoms with Gasteiger partial charge in [-0.25, -0.2) is 4.39 Å². The van der Waals surface area contributed by atoms with Crippen molar-refractivity contribution in [2.45, 2.75) is 25.9 Å². The molecule has 0 saturated carbocycles. The van der Waals surface area contributed by atoms with E-state index in [0.717, 1.165) is 6.54 Å². The standard InChI is InChI=1S/C16H23FN2O3/c1-11-9-18(10-12(2)19(11)7-8-22-3)16(21)15-13(17)5-4-6-14(15)20/h4-6,11-12,20H,7-10H2,1-3H3/t11-,12-/m1/s1. The van der Waals surface area contributed by atoms with Crippen LogP contribution in [0.4, 0.5) is 4.39 Å². The number of halogens is 1. The smallest absolute Gasteiger partial charge is 0.260 e. The fourth-order valence-corrected chi connectivity index (χ4v) is 3.04. The summed E-state index contributed by atoms with van der Waals surface area (Å²) in [6.07, 6.45) is 0. The Morgan fingerprint density at radius 2 is 2.00 bits per heavy atom. The Morgan fingerprint density at radius 1 is 1.36 bits per heavy atom. The summed E-state index contributed by atoms with van der Waals surface area (Å²) in [6, 6.07) is 4.20. The number of carbonyl (C=O) groups excluding carboxylic acids is 1. The van der Waals surface area contributed by atoms with Crippen LogP contribution in [0.5, 0.6) is 5.75 Å². The molecule has 1 aliphatic rings. The second kappa shape index (κ2) is 7.07. The Hall–Kier alpha value is -1.66. The first-order valence-corrected chi connectivity index (χ1v) is 7.47. The summed E-state index contributed by atoms with van der Waals surface area (Å²) in [7, 11) is 1.66. The van der Waals surface area contributed by atoms with Gasteiger partial charge in [-0.3, -0.25) is 9.69 Å². The SMILES string of the molecule is COCCN1[C@H](C)CN(C(=O)c2c(O)cccc2F)C[C@H]1C. The van der Waals surface area contributed by atoms with Crippen molar-refractivity contribution in [3.63, 3.8) is 0 Å². The van der Waals surface area contributed by atoms with Gasteiger partial charge in [-0.1, -0.05) is 6.07 Å². The van der Waals surface area contributed by atoms with Gasteiger partial charge in [0.2, 0.25) is 0 Å². The van der Waals surface area contributed by atoms with E-state index in [9.17, 15) is 14.3 Å². The molecule has 0 spiro atoms. The molecule has 0 aromatic heterocycles. The number of hydrogen-bond donors (Lipinski definition) is 1. The van der Waals surface area contributed by atoms with E-state index in [2.05, 4.69) is 4.90 Å².